The maximum atomic E-state index is 12.8. The Bertz CT molecular complexity index is 922. The van der Waals surface area contributed by atoms with Crippen LogP contribution in [0.4, 0.5) is 5.69 Å². The van der Waals surface area contributed by atoms with E-state index in [4.69, 9.17) is 4.74 Å². The molecule has 1 aliphatic carbocycles. The Morgan fingerprint density at radius 2 is 1.78 bits per heavy atom. The molecule has 0 spiro atoms. The molecule has 1 aliphatic rings. The van der Waals surface area contributed by atoms with Gasteiger partial charge in [-0.2, -0.15) is 0 Å². The third-order valence-electron chi connectivity index (χ3n) is 4.35. The highest BCUT2D eigenvalue weighted by Gasteiger charge is 2.24. The summed E-state index contributed by atoms with van der Waals surface area (Å²) in [4.78, 5) is 11.8. The van der Waals surface area contributed by atoms with E-state index >= 15 is 0 Å². The summed E-state index contributed by atoms with van der Waals surface area (Å²) in [5.74, 6) is -0.0132. The summed E-state index contributed by atoms with van der Waals surface area (Å²) in [6.07, 6.45) is 4.69. The SMILES string of the molecule is COC(=O)c1cc(Br)ccc1S(=O)(=O)Nc1ccc(OC2CCCC2)cc1. The van der Waals surface area contributed by atoms with Crippen molar-refractivity contribution in [3.8, 4) is 5.75 Å². The molecular weight excluding hydrogens is 434 g/mol. The molecular formula is C19H20BrNO5S. The molecule has 0 aliphatic heterocycles. The first-order chi connectivity index (χ1) is 12.9. The number of rotatable bonds is 6. The second-order valence-corrected chi connectivity index (χ2v) is 8.85. The van der Waals surface area contributed by atoms with Crippen molar-refractivity contribution in [1.29, 1.82) is 0 Å². The molecule has 0 amide bonds. The number of hydrogen-bond donors (Lipinski definition) is 1. The molecule has 0 atom stereocenters. The van der Waals surface area contributed by atoms with Crippen LogP contribution in [0.2, 0.25) is 0 Å². The van der Waals surface area contributed by atoms with Gasteiger partial charge in [-0.3, -0.25) is 4.72 Å². The van der Waals surface area contributed by atoms with Crippen molar-refractivity contribution >= 4 is 37.6 Å². The molecule has 0 aromatic heterocycles. The minimum absolute atomic E-state index is 0.0411. The van der Waals surface area contributed by atoms with Gasteiger partial charge in [0.2, 0.25) is 0 Å². The zero-order chi connectivity index (χ0) is 19.4. The molecule has 2 aromatic rings. The first kappa shape index (κ1) is 19.7. The normalized spacial score (nSPS) is 14.7. The van der Waals surface area contributed by atoms with Gasteiger partial charge in [-0.15, -0.1) is 0 Å². The lowest BCUT2D eigenvalue weighted by molar-refractivity contribution is 0.0596. The van der Waals surface area contributed by atoms with E-state index in [1.807, 2.05) is 0 Å². The van der Waals surface area contributed by atoms with Gasteiger partial charge in [-0.25, -0.2) is 13.2 Å². The first-order valence-electron chi connectivity index (χ1n) is 8.56. The molecule has 1 saturated carbocycles. The van der Waals surface area contributed by atoms with Crippen LogP contribution in [0.3, 0.4) is 0 Å². The van der Waals surface area contributed by atoms with Crippen LogP contribution >= 0.6 is 15.9 Å². The summed E-state index contributed by atoms with van der Waals surface area (Å²) in [7, 11) is -2.76. The number of methoxy groups -OCH3 is 1. The second-order valence-electron chi connectivity index (χ2n) is 6.29. The molecule has 8 heteroatoms. The average Bonchev–Trinajstić information content (AvgIpc) is 3.15. The number of anilines is 1. The van der Waals surface area contributed by atoms with Crippen LogP contribution in [0.5, 0.6) is 5.75 Å². The van der Waals surface area contributed by atoms with Gasteiger partial charge in [-0.1, -0.05) is 15.9 Å². The number of carbonyl (C=O) groups excluding carboxylic acids is 1. The largest absolute Gasteiger partial charge is 0.490 e. The van der Waals surface area contributed by atoms with Crippen LogP contribution in [-0.2, 0) is 14.8 Å². The van der Waals surface area contributed by atoms with Crippen molar-refractivity contribution in [3.05, 3.63) is 52.5 Å². The predicted molar refractivity (Wildman–Crippen MR) is 106 cm³/mol. The van der Waals surface area contributed by atoms with Crippen molar-refractivity contribution in [2.24, 2.45) is 0 Å². The Kier molecular flexibility index (Phi) is 6.06. The standard InChI is InChI=1S/C19H20BrNO5S/c1-25-19(22)17-12-13(20)6-11-18(17)27(23,24)21-14-7-9-16(10-8-14)26-15-4-2-3-5-15/h6-12,15,21H,2-5H2,1H3. The van der Waals surface area contributed by atoms with Gasteiger partial charge in [0.05, 0.1) is 18.8 Å². The van der Waals surface area contributed by atoms with Gasteiger partial charge >= 0.3 is 5.97 Å². The summed E-state index contributed by atoms with van der Waals surface area (Å²) in [6, 6.07) is 11.1. The minimum atomic E-state index is -3.96. The lowest BCUT2D eigenvalue weighted by Gasteiger charge is -2.14. The molecule has 6 nitrogen and oxygen atoms in total. The molecule has 27 heavy (non-hydrogen) atoms. The van der Waals surface area contributed by atoms with E-state index in [1.165, 1.54) is 32.1 Å². The zero-order valence-electron chi connectivity index (χ0n) is 14.8. The van der Waals surface area contributed by atoms with Crippen molar-refractivity contribution in [2.45, 2.75) is 36.7 Å². The number of halogens is 1. The van der Waals surface area contributed by atoms with Crippen molar-refractivity contribution in [2.75, 3.05) is 11.8 Å². The van der Waals surface area contributed by atoms with Crippen LogP contribution in [-0.4, -0.2) is 27.6 Å². The summed E-state index contributed by atoms with van der Waals surface area (Å²) in [5.41, 5.74) is 0.341. The van der Waals surface area contributed by atoms with Crippen LogP contribution in [0.15, 0.2) is 51.8 Å². The van der Waals surface area contributed by atoms with Crippen LogP contribution in [0, 0.1) is 0 Å². The van der Waals surface area contributed by atoms with Gasteiger partial charge in [0.15, 0.2) is 0 Å². The molecule has 0 saturated heterocycles. The van der Waals surface area contributed by atoms with Crippen molar-refractivity contribution in [1.82, 2.24) is 0 Å². The Labute approximate surface area is 167 Å². The van der Waals surface area contributed by atoms with Gasteiger partial charge in [0.1, 0.15) is 10.6 Å². The summed E-state index contributed by atoms with van der Waals surface area (Å²) < 4.78 is 39.1. The summed E-state index contributed by atoms with van der Waals surface area (Å²) >= 11 is 3.23. The van der Waals surface area contributed by atoms with Gasteiger partial charge < -0.3 is 9.47 Å². The van der Waals surface area contributed by atoms with Gasteiger partial charge in [0.25, 0.3) is 10.0 Å². The smallest absolute Gasteiger partial charge is 0.339 e. The van der Waals surface area contributed by atoms with E-state index in [1.54, 1.807) is 30.3 Å². The lowest BCUT2D eigenvalue weighted by atomic mass is 10.2. The van der Waals surface area contributed by atoms with Crippen molar-refractivity contribution < 1.29 is 22.7 Å². The summed E-state index contributed by atoms with van der Waals surface area (Å²) in [6.45, 7) is 0. The Morgan fingerprint density at radius 1 is 1.11 bits per heavy atom. The van der Waals surface area contributed by atoms with E-state index in [9.17, 15) is 13.2 Å². The third-order valence-corrected chi connectivity index (χ3v) is 6.28. The number of carbonyl (C=O) groups is 1. The molecule has 0 unspecified atom stereocenters. The van der Waals surface area contributed by atoms with Crippen molar-refractivity contribution in [3.63, 3.8) is 0 Å². The van der Waals surface area contributed by atoms with Gasteiger partial charge in [0, 0.05) is 10.2 Å². The Morgan fingerprint density at radius 3 is 2.41 bits per heavy atom. The average molecular weight is 454 g/mol. The molecule has 0 bridgehead atoms. The van der Waals surface area contributed by atoms with E-state index in [0.717, 1.165) is 12.8 Å². The van der Waals surface area contributed by atoms with Gasteiger partial charge in [-0.05, 0) is 68.1 Å². The number of nitrogens with one attached hydrogen (secondary N) is 1. The highest BCUT2D eigenvalue weighted by molar-refractivity contribution is 9.10. The van der Waals surface area contributed by atoms with E-state index in [2.05, 4.69) is 25.4 Å². The first-order valence-corrected chi connectivity index (χ1v) is 10.8. The molecule has 0 heterocycles. The molecule has 2 aromatic carbocycles. The molecule has 1 fully saturated rings. The fourth-order valence-electron chi connectivity index (χ4n) is 3.02. The van der Waals surface area contributed by atoms with E-state index < -0.39 is 16.0 Å². The van der Waals surface area contributed by atoms with E-state index in [-0.39, 0.29) is 16.6 Å². The number of sulfonamides is 1. The highest BCUT2D eigenvalue weighted by atomic mass is 79.9. The quantitative estimate of drug-likeness (QED) is 0.657. The van der Waals surface area contributed by atoms with Crippen LogP contribution < -0.4 is 9.46 Å². The molecule has 0 radical (unpaired) electrons. The maximum Gasteiger partial charge on any atom is 0.339 e. The molecule has 144 valence electrons. The number of esters is 1. The molecule has 3 rings (SSSR count). The fourth-order valence-corrected chi connectivity index (χ4v) is 4.61. The topological polar surface area (TPSA) is 81.7 Å². The summed E-state index contributed by atoms with van der Waals surface area (Å²) in [5, 5.41) is 0. The Balaban J connectivity index is 1.79. The number of benzene rings is 2. The highest BCUT2D eigenvalue weighted by Crippen LogP contribution is 2.27. The minimum Gasteiger partial charge on any atom is -0.490 e. The van der Waals surface area contributed by atoms with Crippen LogP contribution in [0.1, 0.15) is 36.0 Å². The third kappa shape index (κ3) is 4.81. The Hall–Kier alpha value is -2.06. The predicted octanol–water partition coefficient (Wildman–Crippen LogP) is 4.36. The van der Waals surface area contributed by atoms with E-state index in [0.29, 0.717) is 15.9 Å². The second kappa shape index (κ2) is 8.31. The molecule has 1 N–H and O–H groups in total. The fraction of sp³-hybridized carbons (Fsp3) is 0.316. The number of hydrogen-bond acceptors (Lipinski definition) is 5. The number of ether oxygens (including phenoxy) is 2. The zero-order valence-corrected chi connectivity index (χ0v) is 17.2. The maximum absolute atomic E-state index is 12.8. The lowest BCUT2D eigenvalue weighted by Crippen LogP contribution is -2.17. The van der Waals surface area contributed by atoms with Crippen LogP contribution in [0.25, 0.3) is 0 Å². The monoisotopic (exact) mass is 453 g/mol.